The van der Waals surface area contributed by atoms with Gasteiger partial charge in [0.15, 0.2) is 0 Å². The van der Waals surface area contributed by atoms with Gasteiger partial charge < -0.3 is 10.2 Å². The highest BCUT2D eigenvalue weighted by atomic mass is 15.2. The van der Waals surface area contributed by atoms with Gasteiger partial charge in [-0.05, 0) is 30.0 Å². The van der Waals surface area contributed by atoms with Crippen LogP contribution in [-0.2, 0) is 0 Å². The Morgan fingerprint density at radius 1 is 1.44 bits per heavy atom. The number of aromatic nitrogens is 1. The molecule has 3 nitrogen and oxygen atoms in total. The number of rotatable bonds is 3. The second-order valence-electron chi connectivity index (χ2n) is 4.98. The van der Waals surface area contributed by atoms with Crippen molar-refractivity contribution in [1.29, 1.82) is 0 Å². The number of pyridine rings is 1. The Hall–Kier alpha value is -1.09. The van der Waals surface area contributed by atoms with E-state index in [0.717, 1.165) is 18.9 Å². The summed E-state index contributed by atoms with van der Waals surface area (Å²) in [5.41, 5.74) is 2.70. The first-order chi connectivity index (χ1) is 7.59. The molecule has 1 aliphatic rings. The summed E-state index contributed by atoms with van der Waals surface area (Å²) in [4.78, 5) is 6.80. The van der Waals surface area contributed by atoms with E-state index >= 15 is 0 Å². The van der Waals surface area contributed by atoms with Crippen LogP contribution < -0.4 is 10.2 Å². The highest BCUT2D eigenvalue weighted by Gasteiger charge is 2.22. The van der Waals surface area contributed by atoms with Gasteiger partial charge in [-0.3, -0.25) is 0 Å². The lowest BCUT2D eigenvalue weighted by Gasteiger charge is -2.36. The van der Waals surface area contributed by atoms with E-state index in [4.69, 9.17) is 0 Å². The van der Waals surface area contributed by atoms with Crippen molar-refractivity contribution in [3.63, 3.8) is 0 Å². The second kappa shape index (κ2) is 4.42. The smallest absolute Gasteiger partial charge is 0.128 e. The van der Waals surface area contributed by atoms with Gasteiger partial charge in [-0.1, -0.05) is 13.8 Å². The van der Waals surface area contributed by atoms with Crippen LogP contribution in [0.1, 0.15) is 30.9 Å². The molecule has 0 unspecified atom stereocenters. The first-order valence-corrected chi connectivity index (χ1v) is 5.99. The molecule has 88 valence electrons. The fourth-order valence-corrected chi connectivity index (χ4v) is 2.08. The van der Waals surface area contributed by atoms with Crippen LogP contribution in [0.5, 0.6) is 0 Å². The van der Waals surface area contributed by atoms with Crippen molar-refractivity contribution in [2.45, 2.75) is 32.7 Å². The van der Waals surface area contributed by atoms with Gasteiger partial charge in [-0.2, -0.15) is 0 Å². The van der Waals surface area contributed by atoms with E-state index in [1.807, 2.05) is 6.20 Å². The average Bonchev–Trinajstić information content (AvgIpc) is 2.15. The Bertz CT molecular complexity index is 369. The molecule has 0 aliphatic carbocycles. The molecule has 2 heterocycles. The minimum atomic E-state index is 0.565. The first-order valence-electron chi connectivity index (χ1n) is 5.99. The van der Waals surface area contributed by atoms with E-state index in [1.165, 1.54) is 11.1 Å². The van der Waals surface area contributed by atoms with Crippen LogP contribution in [0.4, 0.5) is 5.82 Å². The first kappa shape index (κ1) is 11.4. The molecule has 16 heavy (non-hydrogen) atoms. The van der Waals surface area contributed by atoms with Gasteiger partial charge in [-0.25, -0.2) is 4.98 Å². The third kappa shape index (κ3) is 2.05. The molecule has 1 N–H and O–H groups in total. The van der Waals surface area contributed by atoms with E-state index in [0.29, 0.717) is 12.0 Å². The third-order valence-corrected chi connectivity index (χ3v) is 3.42. The molecule has 1 aromatic heterocycles. The van der Waals surface area contributed by atoms with Crippen molar-refractivity contribution in [3.8, 4) is 0 Å². The fraction of sp³-hybridized carbons (Fsp3) is 0.615. The van der Waals surface area contributed by atoms with Crippen LogP contribution in [0.25, 0.3) is 0 Å². The SMILES string of the molecule is Cc1cnc(N(C)C2CNC2)cc1C(C)C. The molecule has 0 atom stereocenters. The van der Waals surface area contributed by atoms with Gasteiger partial charge in [0, 0.05) is 26.3 Å². The third-order valence-electron chi connectivity index (χ3n) is 3.42. The molecule has 0 aromatic carbocycles. The number of anilines is 1. The number of aryl methyl sites for hydroxylation is 1. The quantitative estimate of drug-likeness (QED) is 0.842. The van der Waals surface area contributed by atoms with Crippen LogP contribution in [0, 0.1) is 6.92 Å². The zero-order valence-electron chi connectivity index (χ0n) is 10.6. The van der Waals surface area contributed by atoms with Crippen LogP contribution in [-0.4, -0.2) is 31.2 Å². The molecule has 1 aromatic rings. The van der Waals surface area contributed by atoms with Crippen molar-refractivity contribution < 1.29 is 0 Å². The molecule has 0 spiro atoms. The predicted molar refractivity (Wildman–Crippen MR) is 68.1 cm³/mol. The minimum absolute atomic E-state index is 0.565. The number of nitrogens with zero attached hydrogens (tertiary/aromatic N) is 2. The second-order valence-corrected chi connectivity index (χ2v) is 4.98. The van der Waals surface area contributed by atoms with Gasteiger partial charge in [-0.15, -0.1) is 0 Å². The van der Waals surface area contributed by atoms with Crippen molar-refractivity contribution in [2.75, 3.05) is 25.0 Å². The fourth-order valence-electron chi connectivity index (χ4n) is 2.08. The molecule has 0 bridgehead atoms. The van der Waals surface area contributed by atoms with Gasteiger partial charge in [0.1, 0.15) is 5.82 Å². The van der Waals surface area contributed by atoms with Crippen molar-refractivity contribution in [1.82, 2.24) is 10.3 Å². The summed E-state index contributed by atoms with van der Waals surface area (Å²) >= 11 is 0. The Balaban J connectivity index is 2.24. The van der Waals surface area contributed by atoms with E-state index in [-0.39, 0.29) is 0 Å². The van der Waals surface area contributed by atoms with Crippen LogP contribution in [0.2, 0.25) is 0 Å². The maximum absolute atomic E-state index is 4.52. The van der Waals surface area contributed by atoms with Gasteiger partial charge in [0.25, 0.3) is 0 Å². The Morgan fingerprint density at radius 2 is 2.12 bits per heavy atom. The topological polar surface area (TPSA) is 28.2 Å². The molecule has 1 saturated heterocycles. The molecular weight excluding hydrogens is 198 g/mol. The standard InChI is InChI=1S/C13H21N3/c1-9(2)12-5-13(15-6-10(12)3)16(4)11-7-14-8-11/h5-6,9,11,14H,7-8H2,1-4H3. The van der Waals surface area contributed by atoms with Gasteiger partial charge in [0.05, 0.1) is 6.04 Å². The summed E-state index contributed by atoms with van der Waals surface area (Å²) in [6, 6.07) is 2.84. The Morgan fingerprint density at radius 3 is 2.62 bits per heavy atom. The summed E-state index contributed by atoms with van der Waals surface area (Å²) < 4.78 is 0. The number of likely N-dealkylation sites (N-methyl/N-ethyl adjacent to an activating group) is 1. The lowest BCUT2D eigenvalue weighted by atomic mass is 9.99. The maximum atomic E-state index is 4.52. The highest BCUT2D eigenvalue weighted by molar-refractivity contribution is 5.45. The molecular formula is C13H21N3. The summed E-state index contributed by atoms with van der Waals surface area (Å²) in [7, 11) is 2.13. The molecule has 3 heteroatoms. The lowest BCUT2D eigenvalue weighted by molar-refractivity contribution is 0.426. The summed E-state index contributed by atoms with van der Waals surface area (Å²) in [5.74, 6) is 1.66. The van der Waals surface area contributed by atoms with E-state index < -0.39 is 0 Å². The summed E-state index contributed by atoms with van der Waals surface area (Å²) in [5, 5.41) is 3.29. The van der Waals surface area contributed by atoms with E-state index in [1.54, 1.807) is 0 Å². The number of hydrogen-bond acceptors (Lipinski definition) is 3. The molecule has 1 aliphatic heterocycles. The number of hydrogen-bond donors (Lipinski definition) is 1. The van der Waals surface area contributed by atoms with E-state index in [9.17, 15) is 0 Å². The molecule has 0 amide bonds. The molecule has 0 saturated carbocycles. The van der Waals surface area contributed by atoms with Crippen LogP contribution in [0.15, 0.2) is 12.3 Å². The highest BCUT2D eigenvalue weighted by Crippen LogP contribution is 2.23. The number of nitrogens with one attached hydrogen (secondary N) is 1. The van der Waals surface area contributed by atoms with Gasteiger partial charge in [0.2, 0.25) is 0 Å². The predicted octanol–water partition coefficient (Wildman–Crippen LogP) is 1.92. The summed E-state index contributed by atoms with van der Waals surface area (Å²) in [6.45, 7) is 8.75. The lowest BCUT2D eigenvalue weighted by Crippen LogP contribution is -2.56. The Kier molecular flexibility index (Phi) is 3.15. The molecule has 2 rings (SSSR count). The van der Waals surface area contributed by atoms with Crippen LogP contribution >= 0.6 is 0 Å². The zero-order valence-corrected chi connectivity index (χ0v) is 10.6. The summed E-state index contributed by atoms with van der Waals surface area (Å²) in [6.07, 6.45) is 1.99. The van der Waals surface area contributed by atoms with Crippen molar-refractivity contribution in [3.05, 3.63) is 23.4 Å². The van der Waals surface area contributed by atoms with Crippen molar-refractivity contribution in [2.24, 2.45) is 0 Å². The largest absolute Gasteiger partial charge is 0.354 e. The molecule has 0 radical (unpaired) electrons. The average molecular weight is 219 g/mol. The molecule has 1 fully saturated rings. The minimum Gasteiger partial charge on any atom is -0.354 e. The zero-order chi connectivity index (χ0) is 11.7. The maximum Gasteiger partial charge on any atom is 0.128 e. The van der Waals surface area contributed by atoms with Crippen molar-refractivity contribution >= 4 is 5.82 Å². The normalized spacial score (nSPS) is 16.3. The van der Waals surface area contributed by atoms with Crippen LogP contribution in [0.3, 0.4) is 0 Å². The monoisotopic (exact) mass is 219 g/mol. The van der Waals surface area contributed by atoms with E-state index in [2.05, 4.69) is 49.1 Å². The van der Waals surface area contributed by atoms with Gasteiger partial charge >= 0.3 is 0 Å². The Labute approximate surface area is 97.9 Å².